The van der Waals surface area contributed by atoms with Crippen molar-refractivity contribution in [3.63, 3.8) is 0 Å². The van der Waals surface area contributed by atoms with Crippen LogP contribution in [0.5, 0.6) is 0 Å². The topological polar surface area (TPSA) is 80.4 Å². The molecule has 0 aliphatic rings. The fraction of sp³-hybridized carbons (Fsp3) is 0.400. The highest BCUT2D eigenvalue weighted by Crippen LogP contribution is 2.27. The molecule has 0 amide bonds. The summed E-state index contributed by atoms with van der Waals surface area (Å²) in [6.07, 6.45) is 2.14. The lowest BCUT2D eigenvalue weighted by Crippen LogP contribution is -2.12. The quantitative estimate of drug-likeness (QED) is 0.784. The Balaban J connectivity index is 3.33. The van der Waals surface area contributed by atoms with Crippen LogP contribution < -0.4 is 5.73 Å². The van der Waals surface area contributed by atoms with Crippen LogP contribution in [0.2, 0.25) is 0 Å². The van der Waals surface area contributed by atoms with E-state index in [1.54, 1.807) is 12.1 Å². The van der Waals surface area contributed by atoms with E-state index in [-0.39, 0.29) is 11.4 Å². The Labute approximate surface area is 99.8 Å². The summed E-state index contributed by atoms with van der Waals surface area (Å²) in [4.78, 5) is 0.917. The highest BCUT2D eigenvalue weighted by Gasteiger charge is 2.15. The fourth-order valence-electron chi connectivity index (χ4n) is 1.33. The standard InChI is InChI=1S/C10H15NO3S2/c1-15-9-4-3-7(8(12)6-11)5-10(9)16(2,13)14/h3-5,8,12H,6,11H2,1-2H3. The molecule has 1 aromatic carbocycles. The van der Waals surface area contributed by atoms with Gasteiger partial charge in [0.1, 0.15) is 0 Å². The molecule has 1 aromatic rings. The van der Waals surface area contributed by atoms with Crippen molar-refractivity contribution in [2.75, 3.05) is 19.1 Å². The van der Waals surface area contributed by atoms with Crippen LogP contribution in [0.25, 0.3) is 0 Å². The lowest BCUT2D eigenvalue weighted by atomic mass is 10.1. The largest absolute Gasteiger partial charge is 0.387 e. The third-order valence-corrected chi connectivity index (χ3v) is 4.26. The number of rotatable bonds is 4. The van der Waals surface area contributed by atoms with E-state index in [1.165, 1.54) is 17.8 Å². The monoisotopic (exact) mass is 261 g/mol. The summed E-state index contributed by atoms with van der Waals surface area (Å²) in [7, 11) is -3.28. The molecule has 4 nitrogen and oxygen atoms in total. The molecule has 0 spiro atoms. The normalized spacial score (nSPS) is 13.8. The fourth-order valence-corrected chi connectivity index (χ4v) is 3.28. The van der Waals surface area contributed by atoms with E-state index in [2.05, 4.69) is 0 Å². The van der Waals surface area contributed by atoms with Crippen molar-refractivity contribution >= 4 is 21.6 Å². The molecule has 1 unspecified atom stereocenters. The van der Waals surface area contributed by atoms with Gasteiger partial charge in [0.05, 0.1) is 11.0 Å². The van der Waals surface area contributed by atoms with Gasteiger partial charge in [0.2, 0.25) is 0 Å². The summed E-state index contributed by atoms with van der Waals surface area (Å²) >= 11 is 1.36. The molecule has 0 fully saturated rings. The van der Waals surface area contributed by atoms with Gasteiger partial charge >= 0.3 is 0 Å². The number of hydrogen-bond donors (Lipinski definition) is 2. The molecule has 16 heavy (non-hydrogen) atoms. The second-order valence-corrected chi connectivity index (χ2v) is 6.27. The molecule has 0 bridgehead atoms. The van der Waals surface area contributed by atoms with Gasteiger partial charge in [-0.2, -0.15) is 0 Å². The number of nitrogens with two attached hydrogens (primary N) is 1. The molecular formula is C10H15NO3S2. The van der Waals surface area contributed by atoms with Crippen LogP contribution in [0.3, 0.4) is 0 Å². The van der Waals surface area contributed by atoms with Crippen molar-refractivity contribution in [2.24, 2.45) is 5.73 Å². The van der Waals surface area contributed by atoms with Crippen LogP contribution in [-0.4, -0.2) is 32.6 Å². The Morgan fingerprint density at radius 3 is 2.56 bits per heavy atom. The minimum Gasteiger partial charge on any atom is -0.387 e. The Morgan fingerprint density at radius 1 is 1.50 bits per heavy atom. The molecule has 1 rings (SSSR count). The Morgan fingerprint density at radius 2 is 2.12 bits per heavy atom. The first-order valence-electron chi connectivity index (χ1n) is 4.66. The van der Waals surface area contributed by atoms with Crippen LogP contribution in [-0.2, 0) is 9.84 Å². The van der Waals surface area contributed by atoms with Crippen molar-refractivity contribution < 1.29 is 13.5 Å². The van der Waals surface area contributed by atoms with Crippen molar-refractivity contribution in [3.05, 3.63) is 23.8 Å². The van der Waals surface area contributed by atoms with Crippen LogP contribution in [0.15, 0.2) is 28.0 Å². The van der Waals surface area contributed by atoms with E-state index < -0.39 is 15.9 Å². The zero-order chi connectivity index (χ0) is 12.3. The number of aliphatic hydroxyl groups excluding tert-OH is 1. The highest BCUT2D eigenvalue weighted by molar-refractivity contribution is 7.99. The second-order valence-electron chi connectivity index (χ2n) is 3.43. The maximum absolute atomic E-state index is 11.5. The summed E-state index contributed by atoms with van der Waals surface area (Å²) in [6.45, 7) is 0.0712. The molecular weight excluding hydrogens is 246 g/mol. The van der Waals surface area contributed by atoms with E-state index >= 15 is 0 Å². The van der Waals surface area contributed by atoms with E-state index in [1.807, 2.05) is 6.26 Å². The number of benzene rings is 1. The van der Waals surface area contributed by atoms with Gasteiger partial charge in [-0.1, -0.05) is 6.07 Å². The highest BCUT2D eigenvalue weighted by atomic mass is 32.2. The molecule has 3 N–H and O–H groups in total. The molecule has 0 heterocycles. The maximum Gasteiger partial charge on any atom is 0.176 e. The molecule has 0 saturated heterocycles. The zero-order valence-corrected chi connectivity index (χ0v) is 10.8. The lowest BCUT2D eigenvalue weighted by Gasteiger charge is -2.12. The first-order chi connectivity index (χ1) is 7.40. The molecule has 90 valence electrons. The number of thioether (sulfide) groups is 1. The van der Waals surface area contributed by atoms with Gasteiger partial charge < -0.3 is 10.8 Å². The minimum absolute atomic E-state index is 0.0712. The van der Waals surface area contributed by atoms with Crippen molar-refractivity contribution in [1.29, 1.82) is 0 Å². The number of aliphatic hydroxyl groups is 1. The van der Waals surface area contributed by atoms with E-state index in [9.17, 15) is 13.5 Å². The molecule has 0 saturated carbocycles. The number of sulfone groups is 1. The van der Waals surface area contributed by atoms with Gasteiger partial charge in [-0.25, -0.2) is 8.42 Å². The average molecular weight is 261 g/mol. The van der Waals surface area contributed by atoms with Gasteiger partial charge in [-0.15, -0.1) is 11.8 Å². The zero-order valence-electron chi connectivity index (χ0n) is 9.17. The minimum atomic E-state index is -3.28. The van der Waals surface area contributed by atoms with Crippen LogP contribution in [0, 0.1) is 0 Å². The van der Waals surface area contributed by atoms with Crippen LogP contribution >= 0.6 is 11.8 Å². The maximum atomic E-state index is 11.5. The molecule has 0 radical (unpaired) electrons. The van der Waals surface area contributed by atoms with Gasteiger partial charge in [-0.3, -0.25) is 0 Å². The summed E-state index contributed by atoms with van der Waals surface area (Å²) in [5, 5.41) is 9.56. The average Bonchev–Trinajstić information content (AvgIpc) is 2.26. The number of hydrogen-bond acceptors (Lipinski definition) is 5. The SMILES string of the molecule is CSc1ccc(C(O)CN)cc1S(C)(=O)=O. The van der Waals surface area contributed by atoms with Gasteiger partial charge in [0, 0.05) is 17.7 Å². The Kier molecular flexibility index (Phi) is 4.37. The third kappa shape index (κ3) is 2.98. The summed E-state index contributed by atoms with van der Waals surface area (Å²) in [6, 6.07) is 4.87. The van der Waals surface area contributed by atoms with Crippen LogP contribution in [0.1, 0.15) is 11.7 Å². The first-order valence-corrected chi connectivity index (χ1v) is 7.78. The molecule has 1 atom stereocenters. The Bertz CT molecular complexity index is 471. The predicted octanol–water partition coefficient (Wildman–Crippen LogP) is 0.804. The molecule has 0 aliphatic carbocycles. The molecule has 6 heteroatoms. The van der Waals surface area contributed by atoms with Crippen molar-refractivity contribution in [2.45, 2.75) is 15.9 Å². The van der Waals surface area contributed by atoms with E-state index in [0.717, 1.165) is 6.26 Å². The van der Waals surface area contributed by atoms with Gasteiger partial charge in [0.15, 0.2) is 9.84 Å². The summed E-state index contributed by atoms with van der Waals surface area (Å²) < 4.78 is 23.1. The van der Waals surface area contributed by atoms with E-state index in [4.69, 9.17) is 5.73 Å². The third-order valence-electron chi connectivity index (χ3n) is 2.20. The first kappa shape index (κ1) is 13.5. The van der Waals surface area contributed by atoms with Gasteiger partial charge in [-0.05, 0) is 24.0 Å². The smallest absolute Gasteiger partial charge is 0.176 e. The van der Waals surface area contributed by atoms with Gasteiger partial charge in [0.25, 0.3) is 0 Å². The van der Waals surface area contributed by atoms with E-state index in [0.29, 0.717) is 10.5 Å². The Hall–Kier alpha value is -0.560. The summed E-state index contributed by atoms with van der Waals surface area (Å²) in [5.74, 6) is 0. The second kappa shape index (κ2) is 5.18. The van der Waals surface area contributed by atoms with Crippen molar-refractivity contribution in [3.8, 4) is 0 Å². The lowest BCUT2D eigenvalue weighted by molar-refractivity contribution is 0.186. The molecule has 0 aliphatic heterocycles. The van der Waals surface area contributed by atoms with Crippen molar-refractivity contribution in [1.82, 2.24) is 0 Å². The summed E-state index contributed by atoms with van der Waals surface area (Å²) in [5.41, 5.74) is 5.86. The molecule has 0 aromatic heterocycles. The predicted molar refractivity (Wildman–Crippen MR) is 65.3 cm³/mol. The van der Waals surface area contributed by atoms with Crippen LogP contribution in [0.4, 0.5) is 0 Å².